The first-order valence-electron chi connectivity index (χ1n) is 7.48. The Morgan fingerprint density at radius 1 is 1.00 bits per heavy atom. The summed E-state index contributed by atoms with van der Waals surface area (Å²) in [6.07, 6.45) is 4.57. The number of fused-ring (bicyclic) bond motifs is 6. The molecule has 4 rings (SSSR count). The number of allylic oxidation sites excluding steroid dienone is 2. The molecule has 129 valence electrons. The van der Waals surface area contributed by atoms with Crippen LogP contribution in [0.1, 0.15) is 13.8 Å². The molecule has 1 N–H and O–H groups in total. The molecule has 2 heterocycles. The number of nitrogens with zero attached hydrogens (tertiary/aromatic N) is 3. The van der Waals surface area contributed by atoms with Gasteiger partial charge < -0.3 is 15.1 Å². The largest absolute Gasteiger partial charge is 0.512 e. The van der Waals surface area contributed by atoms with Crippen LogP contribution in [-0.2, 0) is 24.9 Å². The van der Waals surface area contributed by atoms with Crippen LogP contribution in [0.15, 0.2) is 60.8 Å². The second-order valence-electron chi connectivity index (χ2n) is 5.41. The third kappa shape index (κ3) is 3.92. The van der Waals surface area contributed by atoms with Crippen molar-refractivity contribution in [1.82, 2.24) is 15.0 Å². The van der Waals surface area contributed by atoms with Gasteiger partial charge in [0, 0.05) is 37.8 Å². The van der Waals surface area contributed by atoms with Crippen LogP contribution in [0.4, 0.5) is 0 Å². The minimum absolute atomic E-state index is 0. The molecule has 0 saturated heterocycles. The van der Waals surface area contributed by atoms with E-state index in [4.69, 9.17) is 5.11 Å². The summed E-state index contributed by atoms with van der Waals surface area (Å²) in [5.74, 6) is -0.0625. The molecule has 0 bridgehead atoms. The second kappa shape index (κ2) is 8.01. The molecular formula is C19H16IrN3O2-. The van der Waals surface area contributed by atoms with Crippen LogP contribution in [0.3, 0.4) is 0 Å². The predicted molar refractivity (Wildman–Crippen MR) is 94.9 cm³/mol. The van der Waals surface area contributed by atoms with Crippen molar-refractivity contribution in [1.29, 1.82) is 0 Å². The summed E-state index contributed by atoms with van der Waals surface area (Å²) in [6.45, 7) is 2.85. The van der Waals surface area contributed by atoms with Crippen LogP contribution in [0, 0.1) is 0 Å². The maximum Gasteiger partial charge on any atom is 0.155 e. The maximum absolute atomic E-state index is 10.0. The Morgan fingerprint density at radius 2 is 1.60 bits per heavy atom. The Balaban J connectivity index is 0.000000246. The molecule has 25 heavy (non-hydrogen) atoms. The molecule has 0 aliphatic rings. The zero-order valence-corrected chi connectivity index (χ0v) is 16.1. The van der Waals surface area contributed by atoms with Gasteiger partial charge in [-0.1, -0.05) is 36.7 Å². The van der Waals surface area contributed by atoms with E-state index in [2.05, 4.69) is 33.2 Å². The summed E-state index contributed by atoms with van der Waals surface area (Å²) in [4.78, 5) is 23.1. The zero-order valence-electron chi connectivity index (χ0n) is 13.7. The summed E-state index contributed by atoms with van der Waals surface area (Å²) >= 11 is 0. The monoisotopic (exact) mass is 511 g/mol. The number of aliphatic hydroxyl groups is 1. The maximum atomic E-state index is 10.0. The van der Waals surface area contributed by atoms with Crippen LogP contribution < -0.4 is 4.98 Å². The molecule has 1 radical (unpaired) electrons. The standard InChI is InChI=1S/C14H8N3.C5H8O2.Ir/c1-2-5-10-9(4-1)11-6-3-7-15-12(11)14-13(10)16-8-17-14;1-4(6)3-5(2)7;/h1-8H;3,6H,1-2H3;/q-1;;/b;4-3-;. The Kier molecular flexibility index (Phi) is 6.01. The normalized spacial score (nSPS) is 11.0. The topological polar surface area (TPSA) is 77.2 Å². The van der Waals surface area contributed by atoms with Crippen LogP contribution in [0.2, 0.25) is 0 Å². The average molecular weight is 511 g/mol. The minimum atomic E-state index is -0.125. The van der Waals surface area contributed by atoms with Gasteiger partial charge in [0.1, 0.15) is 0 Å². The van der Waals surface area contributed by atoms with Crippen molar-refractivity contribution in [2.24, 2.45) is 0 Å². The molecule has 2 aromatic heterocycles. The van der Waals surface area contributed by atoms with Gasteiger partial charge in [-0.05, 0) is 41.7 Å². The van der Waals surface area contributed by atoms with E-state index in [1.165, 1.54) is 25.3 Å². The number of hydrogen-bond acceptors (Lipinski definition) is 4. The van der Waals surface area contributed by atoms with Gasteiger partial charge in [-0.25, -0.2) is 0 Å². The van der Waals surface area contributed by atoms with E-state index in [1.807, 2.05) is 18.2 Å². The number of benzene rings is 2. The van der Waals surface area contributed by atoms with Crippen molar-refractivity contribution in [3.63, 3.8) is 0 Å². The van der Waals surface area contributed by atoms with Crippen molar-refractivity contribution in [2.75, 3.05) is 0 Å². The quantitative estimate of drug-likeness (QED) is 0.239. The summed E-state index contributed by atoms with van der Waals surface area (Å²) in [7, 11) is 0. The fraction of sp³-hybridized carbons (Fsp3) is 0.105. The third-order valence-electron chi connectivity index (χ3n) is 3.51. The zero-order chi connectivity index (χ0) is 17.1. The smallest absolute Gasteiger partial charge is 0.155 e. The first-order valence-corrected chi connectivity index (χ1v) is 7.48. The van der Waals surface area contributed by atoms with Gasteiger partial charge in [0.05, 0.1) is 11.3 Å². The molecule has 0 atom stereocenters. The van der Waals surface area contributed by atoms with Crippen LogP contribution in [0.5, 0.6) is 0 Å². The first kappa shape index (κ1) is 18.8. The summed E-state index contributed by atoms with van der Waals surface area (Å²) < 4.78 is 0. The number of aromatic nitrogens is 3. The van der Waals surface area contributed by atoms with Crippen LogP contribution in [-0.4, -0.2) is 20.9 Å². The van der Waals surface area contributed by atoms with E-state index in [-0.39, 0.29) is 31.6 Å². The molecule has 0 saturated carbocycles. The van der Waals surface area contributed by atoms with Gasteiger partial charge in [0.25, 0.3) is 0 Å². The number of hydrogen-bond donors (Lipinski definition) is 1. The molecule has 0 spiro atoms. The van der Waals surface area contributed by atoms with E-state index in [0.29, 0.717) is 0 Å². The summed E-state index contributed by atoms with van der Waals surface area (Å²) in [5.41, 5.74) is 2.75. The Hall–Kier alpha value is -2.56. The molecule has 4 aromatic rings. The van der Waals surface area contributed by atoms with E-state index >= 15 is 0 Å². The third-order valence-corrected chi connectivity index (χ3v) is 3.51. The van der Waals surface area contributed by atoms with Crippen molar-refractivity contribution in [2.45, 2.75) is 13.8 Å². The van der Waals surface area contributed by atoms with E-state index < -0.39 is 0 Å². The SMILES string of the molecule is CC(=O)/C=C(/C)O.[Ir].c1ccc2c(c1)c1cccnc1c1[n-]cnc21. The number of imidazole rings is 1. The van der Waals surface area contributed by atoms with Gasteiger partial charge in [0.2, 0.25) is 0 Å². The number of pyridine rings is 1. The fourth-order valence-corrected chi connectivity index (χ4v) is 2.67. The molecule has 0 fully saturated rings. The summed E-state index contributed by atoms with van der Waals surface area (Å²) in [5, 5.41) is 11.8. The minimum Gasteiger partial charge on any atom is -0.512 e. The van der Waals surface area contributed by atoms with Gasteiger partial charge in [0.15, 0.2) is 5.78 Å². The molecule has 0 aliphatic carbocycles. The Morgan fingerprint density at radius 3 is 2.20 bits per heavy atom. The van der Waals surface area contributed by atoms with Gasteiger partial charge in [-0.2, -0.15) is 0 Å². The average Bonchev–Trinajstić information content (AvgIpc) is 3.04. The molecular weight excluding hydrogens is 494 g/mol. The van der Waals surface area contributed by atoms with Crippen molar-refractivity contribution in [3.8, 4) is 0 Å². The molecule has 0 amide bonds. The number of ketones is 1. The van der Waals surface area contributed by atoms with Gasteiger partial charge >= 0.3 is 0 Å². The number of aliphatic hydroxyl groups excluding tert-OH is 1. The van der Waals surface area contributed by atoms with Crippen molar-refractivity contribution >= 4 is 38.5 Å². The molecule has 6 heteroatoms. The molecule has 0 unspecified atom stereocenters. The van der Waals surface area contributed by atoms with Crippen molar-refractivity contribution in [3.05, 3.63) is 60.8 Å². The molecule has 5 nitrogen and oxygen atoms in total. The molecule has 2 aromatic carbocycles. The Bertz CT molecular complexity index is 996. The summed E-state index contributed by atoms with van der Waals surface area (Å²) in [6, 6.07) is 12.3. The van der Waals surface area contributed by atoms with E-state index in [0.717, 1.165) is 27.3 Å². The molecule has 0 aliphatic heterocycles. The number of carbonyl (C=O) groups excluding carboxylic acids is 1. The predicted octanol–water partition coefficient (Wildman–Crippen LogP) is 3.93. The van der Waals surface area contributed by atoms with E-state index in [1.54, 1.807) is 12.5 Å². The van der Waals surface area contributed by atoms with Crippen molar-refractivity contribution < 1.29 is 30.0 Å². The van der Waals surface area contributed by atoms with Gasteiger partial charge in [-0.15, -0.1) is 0 Å². The van der Waals surface area contributed by atoms with Crippen LogP contribution in [0.25, 0.3) is 32.7 Å². The van der Waals surface area contributed by atoms with Gasteiger partial charge in [-0.3, -0.25) is 9.78 Å². The second-order valence-corrected chi connectivity index (χ2v) is 5.41. The first-order chi connectivity index (χ1) is 11.6. The number of carbonyl (C=O) groups is 1. The fourth-order valence-electron chi connectivity index (χ4n) is 2.67. The number of rotatable bonds is 1. The van der Waals surface area contributed by atoms with E-state index in [9.17, 15) is 4.79 Å². The Labute approximate surface area is 158 Å². The van der Waals surface area contributed by atoms with Crippen LogP contribution >= 0.6 is 0 Å².